The third kappa shape index (κ3) is 2.74. The summed E-state index contributed by atoms with van der Waals surface area (Å²) in [5, 5.41) is 21.2. The van der Waals surface area contributed by atoms with Gasteiger partial charge in [-0.2, -0.15) is 10.4 Å². The third-order valence-electron chi connectivity index (χ3n) is 5.05. The van der Waals surface area contributed by atoms with Crippen LogP contribution in [0.3, 0.4) is 0 Å². The van der Waals surface area contributed by atoms with E-state index in [1.165, 1.54) is 11.1 Å². The summed E-state index contributed by atoms with van der Waals surface area (Å²) < 4.78 is 11.3. The average Bonchev–Trinajstić information content (AvgIpc) is 3.37. The number of nitrogens with zero attached hydrogens (tertiary/aromatic N) is 3. The van der Waals surface area contributed by atoms with Gasteiger partial charge in [-0.1, -0.05) is 11.2 Å². The topological polar surface area (TPSA) is 87.7 Å². The van der Waals surface area contributed by atoms with Gasteiger partial charge in [-0.3, -0.25) is 5.10 Å². The van der Waals surface area contributed by atoms with E-state index in [0.717, 1.165) is 47.2 Å². The van der Waals surface area contributed by atoms with Gasteiger partial charge in [0.1, 0.15) is 23.8 Å². The molecule has 0 amide bonds. The molecule has 1 atom stereocenters. The molecule has 6 heteroatoms. The summed E-state index contributed by atoms with van der Waals surface area (Å²) in [5.74, 6) is 0.795. The van der Waals surface area contributed by atoms with Crippen LogP contribution in [0.4, 0.5) is 0 Å². The van der Waals surface area contributed by atoms with E-state index in [-0.39, 0.29) is 6.10 Å². The van der Waals surface area contributed by atoms with E-state index in [0.29, 0.717) is 5.56 Å². The second kappa shape index (κ2) is 6.29. The molecule has 4 aromatic rings. The van der Waals surface area contributed by atoms with Gasteiger partial charge in [0.05, 0.1) is 28.9 Å². The van der Waals surface area contributed by atoms with Crippen LogP contribution in [0.15, 0.2) is 53.4 Å². The van der Waals surface area contributed by atoms with Gasteiger partial charge < -0.3 is 9.26 Å². The Morgan fingerprint density at radius 1 is 1.22 bits per heavy atom. The molecule has 0 fully saturated rings. The quantitative estimate of drug-likeness (QED) is 0.582. The number of rotatable bonds is 3. The van der Waals surface area contributed by atoms with Gasteiger partial charge in [-0.05, 0) is 60.7 Å². The molecule has 132 valence electrons. The number of ether oxygens (including phenoxy) is 1. The number of nitriles is 1. The van der Waals surface area contributed by atoms with Crippen molar-refractivity contribution in [2.75, 3.05) is 0 Å². The van der Waals surface area contributed by atoms with Crippen LogP contribution < -0.4 is 4.74 Å². The van der Waals surface area contributed by atoms with Crippen molar-refractivity contribution in [2.24, 2.45) is 0 Å². The molecule has 1 unspecified atom stereocenters. The first kappa shape index (κ1) is 15.6. The Hall–Kier alpha value is -3.59. The Bertz CT molecular complexity index is 1150. The van der Waals surface area contributed by atoms with Crippen LogP contribution in [0.1, 0.15) is 35.6 Å². The highest BCUT2D eigenvalue weighted by Crippen LogP contribution is 2.36. The standard InChI is InChI=1S/C21H16N4O2/c22-10-13-4-6-17-14(8-13)2-1-3-20(17)27-16-5-7-19-18(9-16)21(25-24-19)15-11-23-26-12-15/h4-9,11-12,20H,1-3H2,(H,24,25). The maximum atomic E-state index is 9.12. The summed E-state index contributed by atoms with van der Waals surface area (Å²) in [6, 6.07) is 14.0. The Balaban J connectivity index is 1.49. The lowest BCUT2D eigenvalue weighted by molar-refractivity contribution is 0.183. The fraction of sp³-hybridized carbons (Fsp3) is 0.190. The van der Waals surface area contributed by atoms with Crippen LogP contribution in [0.25, 0.3) is 22.2 Å². The largest absolute Gasteiger partial charge is 0.486 e. The van der Waals surface area contributed by atoms with E-state index >= 15 is 0 Å². The van der Waals surface area contributed by atoms with Crippen molar-refractivity contribution in [3.8, 4) is 23.1 Å². The Kier molecular flexibility index (Phi) is 3.65. The van der Waals surface area contributed by atoms with Crippen molar-refractivity contribution in [1.82, 2.24) is 15.4 Å². The number of hydrogen-bond donors (Lipinski definition) is 1. The predicted molar refractivity (Wildman–Crippen MR) is 99.1 cm³/mol. The van der Waals surface area contributed by atoms with Crippen LogP contribution in [0.2, 0.25) is 0 Å². The molecule has 0 radical (unpaired) electrons. The second-order valence-corrected chi connectivity index (χ2v) is 6.72. The van der Waals surface area contributed by atoms with Crippen molar-refractivity contribution in [3.63, 3.8) is 0 Å². The van der Waals surface area contributed by atoms with Gasteiger partial charge >= 0.3 is 0 Å². The number of aromatic nitrogens is 3. The third-order valence-corrected chi connectivity index (χ3v) is 5.05. The Labute approximate surface area is 155 Å². The average molecular weight is 356 g/mol. The van der Waals surface area contributed by atoms with Crippen LogP contribution in [-0.2, 0) is 6.42 Å². The molecule has 0 saturated carbocycles. The molecule has 1 aliphatic carbocycles. The van der Waals surface area contributed by atoms with Gasteiger partial charge in [0.15, 0.2) is 0 Å². The second-order valence-electron chi connectivity index (χ2n) is 6.72. The Morgan fingerprint density at radius 3 is 3.04 bits per heavy atom. The summed E-state index contributed by atoms with van der Waals surface area (Å²) in [5.41, 5.74) is 5.63. The highest BCUT2D eigenvalue weighted by Gasteiger charge is 2.22. The number of H-pyrrole nitrogens is 1. The minimum Gasteiger partial charge on any atom is -0.486 e. The molecule has 2 heterocycles. The summed E-state index contributed by atoms with van der Waals surface area (Å²) in [6.07, 6.45) is 6.21. The van der Waals surface area contributed by atoms with Crippen molar-refractivity contribution in [1.29, 1.82) is 5.26 Å². The zero-order valence-electron chi connectivity index (χ0n) is 14.5. The molecule has 1 N–H and O–H groups in total. The zero-order chi connectivity index (χ0) is 18.2. The van der Waals surface area contributed by atoms with Crippen molar-refractivity contribution < 1.29 is 9.26 Å². The Morgan fingerprint density at radius 2 is 2.19 bits per heavy atom. The number of nitrogens with one attached hydrogen (secondary N) is 1. The number of hydrogen-bond acceptors (Lipinski definition) is 5. The van der Waals surface area contributed by atoms with Gasteiger partial charge in [-0.15, -0.1) is 0 Å². The maximum Gasteiger partial charge on any atom is 0.133 e. The highest BCUT2D eigenvalue weighted by molar-refractivity contribution is 5.93. The molecular weight excluding hydrogens is 340 g/mol. The van der Waals surface area contributed by atoms with Gasteiger partial charge in [0, 0.05) is 5.39 Å². The van der Waals surface area contributed by atoms with E-state index in [2.05, 4.69) is 21.4 Å². The van der Waals surface area contributed by atoms with Gasteiger partial charge in [0.25, 0.3) is 0 Å². The first-order valence-electron chi connectivity index (χ1n) is 8.89. The molecule has 0 aliphatic heterocycles. The summed E-state index contributed by atoms with van der Waals surface area (Å²) in [4.78, 5) is 0. The molecular formula is C21H16N4O2. The van der Waals surface area contributed by atoms with Crippen LogP contribution in [0, 0.1) is 11.3 Å². The molecule has 0 saturated heterocycles. The molecule has 0 bridgehead atoms. The van der Waals surface area contributed by atoms with Crippen molar-refractivity contribution in [3.05, 3.63) is 65.5 Å². The first-order valence-corrected chi connectivity index (χ1v) is 8.89. The van der Waals surface area contributed by atoms with E-state index in [9.17, 15) is 0 Å². The molecule has 5 rings (SSSR count). The normalized spacial score (nSPS) is 16.0. The SMILES string of the molecule is N#Cc1ccc2c(c1)CCCC2Oc1ccc2[nH]nc(-c3cnoc3)c2c1. The lowest BCUT2D eigenvalue weighted by atomic mass is 9.88. The number of aryl methyl sites for hydroxylation is 1. The number of aromatic amines is 1. The van der Waals surface area contributed by atoms with E-state index in [4.69, 9.17) is 14.5 Å². The van der Waals surface area contributed by atoms with E-state index in [1.807, 2.05) is 36.4 Å². The lowest BCUT2D eigenvalue weighted by Crippen LogP contribution is -2.15. The van der Waals surface area contributed by atoms with Gasteiger partial charge in [0.2, 0.25) is 0 Å². The molecule has 2 aromatic carbocycles. The maximum absolute atomic E-state index is 9.12. The summed E-state index contributed by atoms with van der Waals surface area (Å²) in [6.45, 7) is 0. The molecule has 27 heavy (non-hydrogen) atoms. The lowest BCUT2D eigenvalue weighted by Gasteiger charge is -2.26. The van der Waals surface area contributed by atoms with Crippen LogP contribution in [-0.4, -0.2) is 15.4 Å². The van der Waals surface area contributed by atoms with Crippen LogP contribution >= 0.6 is 0 Å². The number of fused-ring (bicyclic) bond motifs is 2. The highest BCUT2D eigenvalue weighted by atomic mass is 16.5. The van der Waals surface area contributed by atoms with Crippen molar-refractivity contribution in [2.45, 2.75) is 25.4 Å². The fourth-order valence-corrected chi connectivity index (χ4v) is 3.73. The van der Waals surface area contributed by atoms with Crippen molar-refractivity contribution >= 4 is 10.9 Å². The monoisotopic (exact) mass is 356 g/mol. The zero-order valence-corrected chi connectivity index (χ0v) is 14.5. The van der Waals surface area contributed by atoms with Gasteiger partial charge in [-0.25, -0.2) is 0 Å². The molecule has 6 nitrogen and oxygen atoms in total. The van der Waals surface area contributed by atoms with E-state index in [1.54, 1.807) is 12.5 Å². The minimum atomic E-state index is -0.00936. The predicted octanol–water partition coefficient (Wildman–Crippen LogP) is 4.55. The minimum absolute atomic E-state index is 0.00936. The first-order chi connectivity index (χ1) is 13.3. The fourth-order valence-electron chi connectivity index (χ4n) is 3.73. The van der Waals surface area contributed by atoms with E-state index < -0.39 is 0 Å². The smallest absolute Gasteiger partial charge is 0.133 e. The summed E-state index contributed by atoms with van der Waals surface area (Å²) >= 11 is 0. The number of benzene rings is 2. The molecule has 0 spiro atoms. The molecule has 1 aliphatic rings. The van der Waals surface area contributed by atoms with Crippen LogP contribution in [0.5, 0.6) is 5.75 Å². The summed E-state index contributed by atoms with van der Waals surface area (Å²) in [7, 11) is 0. The molecule has 2 aromatic heterocycles.